The van der Waals surface area contributed by atoms with Crippen molar-refractivity contribution in [2.45, 2.75) is 44.2 Å². The number of benzene rings is 2. The van der Waals surface area contributed by atoms with Crippen molar-refractivity contribution < 1.29 is 29.3 Å². The zero-order valence-electron chi connectivity index (χ0n) is 20.1. The number of fused-ring (bicyclic) bond motifs is 4. The molecule has 0 unspecified atom stereocenters. The molecule has 0 aromatic heterocycles. The van der Waals surface area contributed by atoms with Crippen LogP contribution in [0.1, 0.15) is 48.4 Å². The van der Waals surface area contributed by atoms with Crippen LogP contribution in [0.2, 0.25) is 0 Å². The Balaban J connectivity index is 0.000000351. The van der Waals surface area contributed by atoms with Crippen LogP contribution in [0.25, 0.3) is 0 Å². The van der Waals surface area contributed by atoms with Crippen LogP contribution < -0.4 is 0 Å². The third kappa shape index (κ3) is 6.77. The molecule has 2 aromatic carbocycles. The highest BCUT2D eigenvalue weighted by Gasteiger charge is 2.39. The third-order valence-corrected chi connectivity index (χ3v) is 7.03. The van der Waals surface area contributed by atoms with Crippen molar-refractivity contribution in [2.24, 2.45) is 5.92 Å². The van der Waals surface area contributed by atoms with Crippen LogP contribution >= 0.6 is 12.4 Å². The normalized spacial score (nSPS) is 23.8. The molecule has 1 amide bonds. The number of carbonyl (C=O) groups is 3. The quantitative estimate of drug-likeness (QED) is 0.612. The predicted molar refractivity (Wildman–Crippen MR) is 136 cm³/mol. The molecule has 2 N–H and O–H groups in total. The standard InChI is InChI=1S/C23H26N2O2.C4H6O4.ClH/c26-23(27-21-16-24-13-10-18(21)11-14-24)25-15-12-17-6-4-5-9-20(17)22(25)19-7-2-1-3-8-19;5-3(6)1-2-4(7)8;/h1-9,18,21-22H,10-16H2;1-2H2,(H,5,6)(H,7,8);1H/t21-,22-;;/m0../s1. The second-order valence-corrected chi connectivity index (χ2v) is 9.30. The number of rotatable bonds is 5. The van der Waals surface area contributed by atoms with Gasteiger partial charge in [-0.2, -0.15) is 0 Å². The molecular formula is C27H33ClN2O6. The maximum atomic E-state index is 13.2. The number of carboxylic acid groups (broad SMARTS) is 2. The van der Waals surface area contributed by atoms with Gasteiger partial charge in [0.1, 0.15) is 6.10 Å². The number of amides is 1. The van der Waals surface area contributed by atoms with Crippen LogP contribution in [0.5, 0.6) is 0 Å². The molecule has 8 nitrogen and oxygen atoms in total. The molecule has 0 radical (unpaired) electrons. The Kier molecular flexibility index (Phi) is 9.73. The highest BCUT2D eigenvalue weighted by atomic mass is 35.5. The lowest BCUT2D eigenvalue weighted by molar-refractivity contribution is -0.143. The fourth-order valence-electron chi connectivity index (χ4n) is 5.21. The van der Waals surface area contributed by atoms with Gasteiger partial charge in [0.2, 0.25) is 0 Å². The predicted octanol–water partition coefficient (Wildman–Crippen LogP) is 4.22. The van der Waals surface area contributed by atoms with E-state index in [1.807, 2.05) is 23.1 Å². The number of hydrogen-bond acceptors (Lipinski definition) is 5. The van der Waals surface area contributed by atoms with Crippen molar-refractivity contribution >= 4 is 30.4 Å². The molecule has 4 aliphatic heterocycles. The lowest BCUT2D eigenvalue weighted by Gasteiger charge is -2.45. The van der Waals surface area contributed by atoms with Crippen LogP contribution in [-0.4, -0.2) is 70.3 Å². The van der Waals surface area contributed by atoms with Gasteiger partial charge in [-0.05, 0) is 55.0 Å². The van der Waals surface area contributed by atoms with Crippen LogP contribution in [0.15, 0.2) is 54.6 Å². The lowest BCUT2D eigenvalue weighted by atomic mass is 9.86. The van der Waals surface area contributed by atoms with E-state index in [1.54, 1.807) is 0 Å². The summed E-state index contributed by atoms with van der Waals surface area (Å²) in [6.07, 6.45) is 2.50. The number of aliphatic carboxylic acids is 2. The largest absolute Gasteiger partial charge is 0.481 e. The minimum atomic E-state index is -1.08. The van der Waals surface area contributed by atoms with E-state index in [9.17, 15) is 14.4 Å². The molecule has 0 saturated carbocycles. The highest BCUT2D eigenvalue weighted by molar-refractivity contribution is 5.85. The van der Waals surface area contributed by atoms with Gasteiger partial charge in [-0.1, -0.05) is 54.6 Å². The second kappa shape index (κ2) is 12.7. The van der Waals surface area contributed by atoms with Crippen LogP contribution in [-0.2, 0) is 20.7 Å². The Morgan fingerprint density at radius 3 is 2.06 bits per heavy atom. The summed E-state index contributed by atoms with van der Waals surface area (Å²) in [6.45, 7) is 3.91. The van der Waals surface area contributed by atoms with Gasteiger partial charge in [0.05, 0.1) is 18.9 Å². The average Bonchev–Trinajstić information content (AvgIpc) is 2.88. The number of piperidine rings is 3. The van der Waals surface area contributed by atoms with E-state index in [1.165, 1.54) is 11.1 Å². The zero-order chi connectivity index (χ0) is 24.8. The molecule has 3 saturated heterocycles. The molecule has 9 heteroatoms. The summed E-state index contributed by atoms with van der Waals surface area (Å²) in [5.74, 6) is -1.62. The molecule has 2 bridgehead atoms. The Hall–Kier alpha value is -3.10. The molecule has 4 heterocycles. The number of halogens is 1. The summed E-state index contributed by atoms with van der Waals surface area (Å²) < 4.78 is 6.08. The fourth-order valence-corrected chi connectivity index (χ4v) is 5.21. The Labute approximate surface area is 217 Å². The fraction of sp³-hybridized carbons (Fsp3) is 0.444. The summed E-state index contributed by atoms with van der Waals surface area (Å²) in [6, 6.07) is 18.8. The number of carboxylic acids is 2. The summed E-state index contributed by atoms with van der Waals surface area (Å²) in [7, 11) is 0. The molecule has 2 aromatic rings. The molecule has 0 spiro atoms. The van der Waals surface area contributed by atoms with Gasteiger partial charge >= 0.3 is 18.0 Å². The van der Waals surface area contributed by atoms with Crippen LogP contribution in [0.3, 0.4) is 0 Å². The van der Waals surface area contributed by atoms with Crippen molar-refractivity contribution in [3.05, 3.63) is 71.3 Å². The molecule has 6 rings (SSSR count). The zero-order valence-corrected chi connectivity index (χ0v) is 20.9. The van der Waals surface area contributed by atoms with Gasteiger partial charge < -0.3 is 14.9 Å². The first-order chi connectivity index (χ1) is 16.9. The Bertz CT molecular complexity index is 1030. The maximum absolute atomic E-state index is 13.2. The molecule has 194 valence electrons. The third-order valence-electron chi connectivity index (χ3n) is 7.03. The van der Waals surface area contributed by atoms with E-state index in [0.29, 0.717) is 12.5 Å². The average molecular weight is 517 g/mol. The smallest absolute Gasteiger partial charge is 0.410 e. The van der Waals surface area contributed by atoms with E-state index < -0.39 is 11.9 Å². The van der Waals surface area contributed by atoms with Crippen molar-refractivity contribution in [1.29, 1.82) is 0 Å². The molecule has 4 aliphatic rings. The first-order valence-corrected chi connectivity index (χ1v) is 12.2. The van der Waals surface area contributed by atoms with E-state index in [-0.39, 0.29) is 43.5 Å². The van der Waals surface area contributed by atoms with Crippen molar-refractivity contribution in [3.8, 4) is 0 Å². The summed E-state index contributed by atoms with van der Waals surface area (Å²) in [5.41, 5.74) is 3.70. The van der Waals surface area contributed by atoms with E-state index >= 15 is 0 Å². The Morgan fingerprint density at radius 1 is 0.861 bits per heavy atom. The lowest BCUT2D eigenvalue weighted by Crippen LogP contribution is -2.53. The monoisotopic (exact) mass is 516 g/mol. The minimum absolute atomic E-state index is 0. The van der Waals surface area contributed by atoms with Gasteiger partial charge in [0.25, 0.3) is 0 Å². The van der Waals surface area contributed by atoms with E-state index in [4.69, 9.17) is 14.9 Å². The number of carbonyl (C=O) groups excluding carboxylic acids is 1. The van der Waals surface area contributed by atoms with Gasteiger partial charge in [-0.3, -0.25) is 19.4 Å². The van der Waals surface area contributed by atoms with Gasteiger partial charge in [0.15, 0.2) is 0 Å². The second-order valence-electron chi connectivity index (χ2n) is 9.30. The van der Waals surface area contributed by atoms with E-state index in [0.717, 1.165) is 44.5 Å². The molecule has 36 heavy (non-hydrogen) atoms. The van der Waals surface area contributed by atoms with Crippen LogP contribution in [0.4, 0.5) is 4.79 Å². The highest BCUT2D eigenvalue weighted by Crippen LogP contribution is 2.36. The van der Waals surface area contributed by atoms with Gasteiger partial charge in [-0.25, -0.2) is 4.79 Å². The van der Waals surface area contributed by atoms with Gasteiger partial charge in [-0.15, -0.1) is 12.4 Å². The van der Waals surface area contributed by atoms with Crippen molar-refractivity contribution in [3.63, 3.8) is 0 Å². The van der Waals surface area contributed by atoms with Gasteiger partial charge in [0, 0.05) is 13.1 Å². The molecule has 3 fully saturated rings. The van der Waals surface area contributed by atoms with Crippen molar-refractivity contribution in [1.82, 2.24) is 9.80 Å². The summed E-state index contributed by atoms with van der Waals surface area (Å²) in [4.78, 5) is 36.9. The first kappa shape index (κ1) is 27.5. The maximum Gasteiger partial charge on any atom is 0.410 e. The number of ether oxygens (including phenoxy) is 1. The Morgan fingerprint density at radius 2 is 1.47 bits per heavy atom. The minimum Gasteiger partial charge on any atom is -0.481 e. The number of hydrogen-bond donors (Lipinski definition) is 2. The molecule has 0 aliphatic carbocycles. The topological polar surface area (TPSA) is 107 Å². The molecule has 2 atom stereocenters. The van der Waals surface area contributed by atoms with E-state index in [2.05, 4.69) is 41.3 Å². The van der Waals surface area contributed by atoms with Crippen LogP contribution in [0, 0.1) is 5.92 Å². The summed E-state index contributed by atoms with van der Waals surface area (Å²) >= 11 is 0. The first-order valence-electron chi connectivity index (χ1n) is 12.2. The molecular weight excluding hydrogens is 484 g/mol. The summed E-state index contributed by atoms with van der Waals surface area (Å²) in [5, 5.41) is 15.8. The SMILES string of the molecule is Cl.O=C(O)CCC(=O)O.O=C(O[C@H]1CN2CCC1CC2)N1CCc2ccccc2[C@@H]1c1ccccc1. The van der Waals surface area contributed by atoms with Crippen molar-refractivity contribution in [2.75, 3.05) is 26.2 Å². The number of nitrogens with zero attached hydrogens (tertiary/aromatic N) is 2.